The van der Waals surface area contributed by atoms with Crippen LogP contribution >= 0.6 is 0 Å². The van der Waals surface area contributed by atoms with Crippen molar-refractivity contribution in [2.24, 2.45) is 0 Å². The predicted molar refractivity (Wildman–Crippen MR) is 164 cm³/mol. The molecule has 2 aliphatic rings. The van der Waals surface area contributed by atoms with Gasteiger partial charge in [-0.05, 0) is 49.7 Å². The number of benzene rings is 2. The van der Waals surface area contributed by atoms with E-state index in [0.29, 0.717) is 49.4 Å². The van der Waals surface area contributed by atoms with Gasteiger partial charge in [0, 0.05) is 25.9 Å². The molecule has 0 radical (unpaired) electrons. The Balaban J connectivity index is 0.974. The number of hydrogen-bond acceptors (Lipinski definition) is 10. The van der Waals surface area contributed by atoms with Crippen molar-refractivity contribution in [3.05, 3.63) is 119 Å². The van der Waals surface area contributed by atoms with E-state index in [1.165, 1.54) is 23.5 Å². The summed E-state index contributed by atoms with van der Waals surface area (Å²) in [6.07, 6.45) is 8.68. The van der Waals surface area contributed by atoms with Crippen molar-refractivity contribution < 1.29 is 18.6 Å². The Hall–Kier alpha value is -5.26. The number of nitrogens with zero attached hydrogens (tertiary/aromatic N) is 8. The van der Waals surface area contributed by atoms with Crippen LogP contribution in [-0.2, 0) is 25.7 Å². The minimum absolute atomic E-state index is 0.158. The summed E-state index contributed by atoms with van der Waals surface area (Å²) in [7, 11) is 0. The van der Waals surface area contributed by atoms with E-state index in [4.69, 9.17) is 9.05 Å². The van der Waals surface area contributed by atoms with E-state index in [-0.39, 0.29) is 35.3 Å². The first kappa shape index (κ1) is 29.5. The molecule has 0 bridgehead atoms. The lowest BCUT2D eigenvalue weighted by atomic mass is 10.1. The molecule has 0 N–H and O–H groups in total. The van der Waals surface area contributed by atoms with E-state index >= 15 is 0 Å². The average molecular weight is 619 g/mol. The molecule has 0 unspecified atom stereocenters. The molecule has 12 heteroatoms. The molecule has 2 fully saturated rings. The van der Waals surface area contributed by atoms with Crippen molar-refractivity contribution in [2.75, 3.05) is 13.1 Å². The quantitative estimate of drug-likeness (QED) is 0.215. The SMILES string of the molecule is O=C(c1cnc(C(=O)N2CCC[C@H]2c2nc(CCc3ccccc3)no2)cn1)N1CCC[C@H]1c1nc(CCc2ccccc2)no1. The molecule has 3 aromatic heterocycles. The van der Waals surface area contributed by atoms with E-state index in [2.05, 4.69) is 54.5 Å². The monoisotopic (exact) mass is 618 g/mol. The zero-order chi connectivity index (χ0) is 31.3. The summed E-state index contributed by atoms with van der Waals surface area (Å²) in [6.45, 7) is 1.08. The summed E-state index contributed by atoms with van der Waals surface area (Å²) in [5.41, 5.74) is 2.71. The Morgan fingerprint density at radius 1 is 0.630 bits per heavy atom. The molecule has 2 aliphatic heterocycles. The summed E-state index contributed by atoms with van der Waals surface area (Å²) in [4.78, 5) is 48.2. The van der Waals surface area contributed by atoms with Gasteiger partial charge in [0.05, 0.1) is 12.4 Å². The van der Waals surface area contributed by atoms with Crippen LogP contribution in [0.4, 0.5) is 0 Å². The van der Waals surface area contributed by atoms with Gasteiger partial charge < -0.3 is 18.8 Å². The summed E-state index contributed by atoms with van der Waals surface area (Å²) < 4.78 is 11.2. The van der Waals surface area contributed by atoms with Gasteiger partial charge in [0.15, 0.2) is 11.6 Å². The van der Waals surface area contributed by atoms with Gasteiger partial charge in [-0.2, -0.15) is 9.97 Å². The van der Waals surface area contributed by atoms with Gasteiger partial charge in [0.2, 0.25) is 11.8 Å². The van der Waals surface area contributed by atoms with Gasteiger partial charge in [-0.15, -0.1) is 0 Å². The van der Waals surface area contributed by atoms with Crippen LogP contribution in [0, 0.1) is 0 Å². The molecule has 5 heterocycles. The lowest BCUT2D eigenvalue weighted by molar-refractivity contribution is 0.0689. The Kier molecular flexibility index (Phi) is 8.57. The smallest absolute Gasteiger partial charge is 0.274 e. The average Bonchev–Trinajstić information content (AvgIpc) is 3.94. The molecule has 0 spiro atoms. The Morgan fingerprint density at radius 3 is 1.48 bits per heavy atom. The fourth-order valence-electron chi connectivity index (χ4n) is 6.19. The second kappa shape index (κ2) is 13.4. The first-order valence-corrected chi connectivity index (χ1v) is 15.8. The zero-order valence-corrected chi connectivity index (χ0v) is 25.4. The third-order valence-electron chi connectivity index (χ3n) is 8.62. The number of likely N-dealkylation sites (tertiary alicyclic amines) is 2. The third kappa shape index (κ3) is 6.42. The minimum atomic E-state index is -0.328. The molecule has 12 nitrogen and oxygen atoms in total. The molecular weight excluding hydrogens is 584 g/mol. The number of aryl methyl sites for hydroxylation is 4. The fourth-order valence-corrected chi connectivity index (χ4v) is 6.19. The van der Waals surface area contributed by atoms with Crippen LogP contribution in [0.3, 0.4) is 0 Å². The van der Waals surface area contributed by atoms with Crippen LogP contribution in [-0.4, -0.2) is 65.0 Å². The molecular formula is C34H34N8O4. The summed E-state index contributed by atoms with van der Waals surface area (Å²) in [6, 6.07) is 19.6. The minimum Gasteiger partial charge on any atom is -0.337 e. The van der Waals surface area contributed by atoms with Gasteiger partial charge in [-0.3, -0.25) is 9.59 Å². The number of rotatable bonds is 10. The van der Waals surface area contributed by atoms with Crippen LogP contribution < -0.4 is 0 Å². The highest BCUT2D eigenvalue weighted by molar-refractivity contribution is 5.95. The van der Waals surface area contributed by atoms with Crippen molar-refractivity contribution in [1.29, 1.82) is 0 Å². The van der Waals surface area contributed by atoms with Gasteiger partial charge in [0.1, 0.15) is 23.5 Å². The van der Waals surface area contributed by atoms with Crippen molar-refractivity contribution in [3.63, 3.8) is 0 Å². The second-order valence-electron chi connectivity index (χ2n) is 11.7. The lowest BCUT2D eigenvalue weighted by Crippen LogP contribution is -2.33. The first-order valence-electron chi connectivity index (χ1n) is 15.8. The maximum absolute atomic E-state index is 13.5. The van der Waals surface area contributed by atoms with Gasteiger partial charge >= 0.3 is 0 Å². The molecule has 5 aromatic rings. The molecule has 0 saturated carbocycles. The zero-order valence-electron chi connectivity index (χ0n) is 25.4. The standard InChI is InChI=1S/C34H34N8O4/c43-33(41-19-7-13-27(41)31-37-29(39-45-31)17-15-23-9-3-1-4-10-23)25-21-36-26(22-35-25)34(44)42-20-8-14-28(42)32-38-30(40-46-32)18-16-24-11-5-2-6-12-24/h1-6,9-12,21-22,27-28H,7-8,13-20H2/t27-,28-/m0/s1. The third-order valence-corrected chi connectivity index (χ3v) is 8.62. The van der Waals surface area contributed by atoms with Crippen molar-refractivity contribution >= 4 is 11.8 Å². The van der Waals surface area contributed by atoms with Gasteiger partial charge in [0.25, 0.3) is 11.8 Å². The fraction of sp³-hybridized carbons (Fsp3) is 0.353. The molecule has 7 rings (SSSR count). The highest BCUT2D eigenvalue weighted by Gasteiger charge is 2.37. The highest BCUT2D eigenvalue weighted by Crippen LogP contribution is 2.33. The number of amides is 2. The second-order valence-corrected chi connectivity index (χ2v) is 11.7. The maximum Gasteiger partial charge on any atom is 0.274 e. The Labute approximate surface area is 265 Å². The van der Waals surface area contributed by atoms with Crippen LogP contribution in [0.2, 0.25) is 0 Å². The summed E-state index contributed by atoms with van der Waals surface area (Å²) >= 11 is 0. The van der Waals surface area contributed by atoms with Crippen LogP contribution in [0.25, 0.3) is 0 Å². The Bertz CT molecular complexity index is 1640. The van der Waals surface area contributed by atoms with Gasteiger partial charge in [-0.1, -0.05) is 71.0 Å². The van der Waals surface area contributed by atoms with Crippen molar-refractivity contribution in [2.45, 2.75) is 63.5 Å². The van der Waals surface area contributed by atoms with Crippen molar-refractivity contribution in [1.82, 2.24) is 40.0 Å². The number of hydrogen-bond donors (Lipinski definition) is 0. The molecule has 0 aliphatic carbocycles. The normalized spacial score (nSPS) is 17.9. The van der Waals surface area contributed by atoms with Crippen LogP contribution in [0.15, 0.2) is 82.1 Å². The molecule has 46 heavy (non-hydrogen) atoms. The predicted octanol–water partition coefficient (Wildman–Crippen LogP) is 4.77. The van der Waals surface area contributed by atoms with Crippen molar-refractivity contribution in [3.8, 4) is 0 Å². The Morgan fingerprint density at radius 2 is 1.07 bits per heavy atom. The maximum atomic E-state index is 13.5. The molecule has 2 saturated heterocycles. The highest BCUT2D eigenvalue weighted by atomic mass is 16.5. The van der Waals surface area contributed by atoms with E-state index in [1.807, 2.05) is 36.4 Å². The largest absolute Gasteiger partial charge is 0.337 e. The molecule has 234 valence electrons. The van der Waals surface area contributed by atoms with E-state index in [0.717, 1.165) is 38.5 Å². The number of carbonyl (C=O) groups is 2. The van der Waals surface area contributed by atoms with Crippen LogP contribution in [0.1, 0.15) is 93.3 Å². The van der Waals surface area contributed by atoms with E-state index in [1.54, 1.807) is 9.80 Å². The molecule has 2 aromatic carbocycles. The molecule has 2 atom stereocenters. The molecule has 2 amide bonds. The first-order chi connectivity index (χ1) is 22.6. The number of carbonyl (C=O) groups excluding carboxylic acids is 2. The summed E-state index contributed by atoms with van der Waals surface area (Å²) in [5.74, 6) is 1.52. The van der Waals surface area contributed by atoms with E-state index < -0.39 is 0 Å². The van der Waals surface area contributed by atoms with Gasteiger partial charge in [-0.25, -0.2) is 9.97 Å². The topological polar surface area (TPSA) is 144 Å². The lowest BCUT2D eigenvalue weighted by Gasteiger charge is -2.22. The van der Waals surface area contributed by atoms with Crippen LogP contribution in [0.5, 0.6) is 0 Å². The van der Waals surface area contributed by atoms with E-state index in [9.17, 15) is 9.59 Å². The summed E-state index contributed by atoms with van der Waals surface area (Å²) in [5, 5.41) is 8.31. The number of aromatic nitrogens is 6.